The molecule has 1 unspecified atom stereocenters. The third-order valence-electron chi connectivity index (χ3n) is 1.59. The molecule has 0 fully saturated rings. The van der Waals surface area contributed by atoms with Crippen molar-refractivity contribution >= 4 is 5.97 Å². The molecular formula is C8H10FNO3. The summed E-state index contributed by atoms with van der Waals surface area (Å²) < 4.78 is 17.6. The van der Waals surface area contributed by atoms with Gasteiger partial charge in [0.15, 0.2) is 0 Å². The van der Waals surface area contributed by atoms with Gasteiger partial charge in [-0.15, -0.1) is 0 Å². The van der Waals surface area contributed by atoms with Gasteiger partial charge in [-0.3, -0.25) is 0 Å². The highest BCUT2D eigenvalue weighted by atomic mass is 19.1. The van der Waals surface area contributed by atoms with Gasteiger partial charge < -0.3 is 9.63 Å². The number of rotatable bonds is 3. The fourth-order valence-electron chi connectivity index (χ4n) is 0.822. The average molecular weight is 187 g/mol. The van der Waals surface area contributed by atoms with Crippen LogP contribution in [0, 0.1) is 0 Å². The van der Waals surface area contributed by atoms with Gasteiger partial charge in [-0.2, -0.15) is 0 Å². The molecule has 0 spiro atoms. The maximum absolute atomic E-state index is 12.8. The Balaban J connectivity index is 2.85. The van der Waals surface area contributed by atoms with Crippen LogP contribution in [-0.2, 0) is 4.79 Å². The van der Waals surface area contributed by atoms with E-state index in [-0.39, 0.29) is 11.6 Å². The summed E-state index contributed by atoms with van der Waals surface area (Å²) in [6.07, 6.45) is -2.10. The molecule has 13 heavy (non-hydrogen) atoms. The summed E-state index contributed by atoms with van der Waals surface area (Å²) in [4.78, 5) is 10.2. The monoisotopic (exact) mass is 187 g/mol. The van der Waals surface area contributed by atoms with Gasteiger partial charge in [0.25, 0.3) is 0 Å². The van der Waals surface area contributed by atoms with Crippen LogP contribution in [0.2, 0.25) is 0 Å². The Bertz CT molecular complexity index is 308. The third kappa shape index (κ3) is 2.05. The molecule has 0 aromatic carbocycles. The van der Waals surface area contributed by atoms with Crippen LogP contribution in [-0.4, -0.2) is 16.2 Å². The van der Waals surface area contributed by atoms with E-state index in [1.807, 2.05) is 13.8 Å². The summed E-state index contributed by atoms with van der Waals surface area (Å²) in [7, 11) is 0. The molecule has 1 rings (SSSR count). The first-order valence-electron chi connectivity index (χ1n) is 3.85. The van der Waals surface area contributed by atoms with E-state index >= 15 is 0 Å². The van der Waals surface area contributed by atoms with Crippen LogP contribution in [0.15, 0.2) is 10.6 Å². The molecule has 1 aromatic rings. The molecule has 1 atom stereocenters. The van der Waals surface area contributed by atoms with Gasteiger partial charge in [0.2, 0.25) is 6.17 Å². The SMILES string of the molecule is CC(C)c1cc(C(F)C(=O)O)no1. The number of halogens is 1. The van der Waals surface area contributed by atoms with E-state index in [9.17, 15) is 9.18 Å². The number of aromatic nitrogens is 1. The highest BCUT2D eigenvalue weighted by Crippen LogP contribution is 2.21. The first-order chi connectivity index (χ1) is 6.02. The Morgan fingerprint density at radius 1 is 1.69 bits per heavy atom. The predicted octanol–water partition coefficient (Wildman–Crippen LogP) is 1.89. The van der Waals surface area contributed by atoms with Crippen LogP contribution in [0.3, 0.4) is 0 Å². The van der Waals surface area contributed by atoms with E-state index in [1.54, 1.807) is 0 Å². The molecule has 0 aliphatic rings. The van der Waals surface area contributed by atoms with E-state index in [4.69, 9.17) is 9.63 Å². The quantitative estimate of drug-likeness (QED) is 0.784. The second kappa shape index (κ2) is 3.55. The Kier molecular flexibility index (Phi) is 2.65. The smallest absolute Gasteiger partial charge is 0.344 e. The van der Waals surface area contributed by atoms with Crippen LogP contribution in [0.4, 0.5) is 4.39 Å². The molecule has 1 aromatic heterocycles. The molecule has 4 nitrogen and oxygen atoms in total. The minimum absolute atomic E-state index is 0.0715. The molecule has 72 valence electrons. The van der Waals surface area contributed by atoms with Crippen molar-refractivity contribution in [1.82, 2.24) is 5.16 Å². The van der Waals surface area contributed by atoms with E-state index in [0.29, 0.717) is 5.76 Å². The van der Waals surface area contributed by atoms with E-state index in [1.165, 1.54) is 6.07 Å². The number of carbonyl (C=O) groups is 1. The van der Waals surface area contributed by atoms with Gasteiger partial charge in [-0.05, 0) is 0 Å². The van der Waals surface area contributed by atoms with Crippen molar-refractivity contribution in [1.29, 1.82) is 0 Å². The summed E-state index contributed by atoms with van der Waals surface area (Å²) in [5.74, 6) is -0.996. The Hall–Kier alpha value is -1.39. The molecular weight excluding hydrogens is 177 g/mol. The van der Waals surface area contributed by atoms with Crippen LogP contribution >= 0.6 is 0 Å². The number of carboxylic acid groups (broad SMARTS) is 1. The van der Waals surface area contributed by atoms with Gasteiger partial charge >= 0.3 is 5.97 Å². The predicted molar refractivity (Wildman–Crippen MR) is 42.1 cm³/mol. The zero-order valence-corrected chi connectivity index (χ0v) is 7.32. The van der Waals surface area contributed by atoms with Crippen LogP contribution < -0.4 is 0 Å². The lowest BCUT2D eigenvalue weighted by molar-refractivity contribution is -0.143. The first kappa shape index (κ1) is 9.70. The van der Waals surface area contributed by atoms with Crippen molar-refractivity contribution < 1.29 is 18.8 Å². The number of nitrogens with zero attached hydrogens (tertiary/aromatic N) is 1. The lowest BCUT2D eigenvalue weighted by Crippen LogP contribution is -2.05. The maximum atomic E-state index is 12.8. The number of hydrogen-bond donors (Lipinski definition) is 1. The number of carboxylic acids is 1. The maximum Gasteiger partial charge on any atom is 0.344 e. The molecule has 5 heteroatoms. The fourth-order valence-corrected chi connectivity index (χ4v) is 0.822. The summed E-state index contributed by atoms with van der Waals surface area (Å²) in [5, 5.41) is 11.7. The van der Waals surface area contributed by atoms with E-state index in [2.05, 4.69) is 5.16 Å². The lowest BCUT2D eigenvalue weighted by Gasteiger charge is -1.95. The molecule has 1 heterocycles. The van der Waals surface area contributed by atoms with Gasteiger partial charge in [-0.25, -0.2) is 9.18 Å². The van der Waals surface area contributed by atoms with Crippen LogP contribution in [0.25, 0.3) is 0 Å². The second-order valence-electron chi connectivity index (χ2n) is 3.01. The largest absolute Gasteiger partial charge is 0.479 e. The van der Waals surface area contributed by atoms with Crippen LogP contribution in [0.1, 0.15) is 37.4 Å². The normalized spacial score (nSPS) is 13.2. The highest BCUT2D eigenvalue weighted by Gasteiger charge is 2.23. The van der Waals surface area contributed by atoms with Gasteiger partial charge in [0, 0.05) is 12.0 Å². The molecule has 0 saturated heterocycles. The second-order valence-corrected chi connectivity index (χ2v) is 3.01. The van der Waals surface area contributed by atoms with E-state index < -0.39 is 12.1 Å². The van der Waals surface area contributed by atoms with Crippen molar-refractivity contribution in [2.45, 2.75) is 25.9 Å². The van der Waals surface area contributed by atoms with Crippen molar-refractivity contribution in [3.05, 3.63) is 17.5 Å². The summed E-state index contributed by atoms with van der Waals surface area (Å²) in [6, 6.07) is 1.32. The molecule has 0 aliphatic carbocycles. The average Bonchev–Trinajstić information content (AvgIpc) is 2.50. The number of aliphatic carboxylic acids is 1. The molecule has 1 N–H and O–H groups in total. The Labute approximate surface area is 74.3 Å². The number of hydrogen-bond acceptors (Lipinski definition) is 3. The summed E-state index contributed by atoms with van der Waals surface area (Å²) >= 11 is 0. The van der Waals surface area contributed by atoms with Crippen molar-refractivity contribution in [2.24, 2.45) is 0 Å². The van der Waals surface area contributed by atoms with E-state index in [0.717, 1.165) is 0 Å². The molecule has 0 saturated carbocycles. The Morgan fingerprint density at radius 2 is 2.31 bits per heavy atom. The van der Waals surface area contributed by atoms with Crippen LogP contribution in [0.5, 0.6) is 0 Å². The first-order valence-corrected chi connectivity index (χ1v) is 3.85. The summed E-state index contributed by atoms with van der Waals surface area (Å²) in [6.45, 7) is 3.69. The zero-order valence-electron chi connectivity index (χ0n) is 7.32. The molecule has 0 radical (unpaired) electrons. The minimum atomic E-state index is -2.10. The topological polar surface area (TPSA) is 63.3 Å². The van der Waals surface area contributed by atoms with Gasteiger partial charge in [-0.1, -0.05) is 19.0 Å². The number of alkyl halides is 1. The summed E-state index contributed by atoms with van der Waals surface area (Å²) in [5.41, 5.74) is -0.184. The van der Waals surface area contributed by atoms with Gasteiger partial charge in [0.1, 0.15) is 11.5 Å². The zero-order chi connectivity index (χ0) is 10.0. The molecule has 0 aliphatic heterocycles. The highest BCUT2D eigenvalue weighted by molar-refractivity contribution is 5.73. The van der Waals surface area contributed by atoms with Crippen molar-refractivity contribution in [3.63, 3.8) is 0 Å². The van der Waals surface area contributed by atoms with Gasteiger partial charge in [0.05, 0.1) is 0 Å². The lowest BCUT2D eigenvalue weighted by atomic mass is 10.1. The Morgan fingerprint density at radius 3 is 2.69 bits per heavy atom. The standard InChI is InChI=1S/C8H10FNO3/c1-4(2)6-3-5(10-13-6)7(9)8(11)12/h3-4,7H,1-2H3,(H,11,12). The fraction of sp³-hybridized carbons (Fsp3) is 0.500. The van der Waals surface area contributed by atoms with Crippen molar-refractivity contribution in [3.8, 4) is 0 Å². The minimum Gasteiger partial charge on any atom is -0.479 e. The molecule has 0 bridgehead atoms. The third-order valence-corrected chi connectivity index (χ3v) is 1.59. The molecule has 0 amide bonds. The van der Waals surface area contributed by atoms with Crippen molar-refractivity contribution in [2.75, 3.05) is 0 Å².